The molecule has 0 saturated heterocycles. The number of amides is 3. The zero-order chi connectivity index (χ0) is 15.4. The predicted octanol–water partition coefficient (Wildman–Crippen LogP) is 1.89. The number of urea groups is 1. The first-order valence-electron chi connectivity index (χ1n) is 6.66. The lowest BCUT2D eigenvalue weighted by molar-refractivity contribution is -0.116. The van der Waals surface area contributed by atoms with Crippen molar-refractivity contribution in [3.8, 4) is 5.75 Å². The Hall–Kier alpha value is -2.50. The first-order chi connectivity index (χ1) is 10.1. The molecule has 0 saturated carbocycles. The quantitative estimate of drug-likeness (QED) is 0.887. The Kier molecular flexibility index (Phi) is 4.47. The molecule has 0 spiro atoms. The molecule has 1 aliphatic rings. The highest BCUT2D eigenvalue weighted by Crippen LogP contribution is 2.28. The molecule has 1 aromatic rings. The van der Waals surface area contributed by atoms with Crippen molar-refractivity contribution in [2.45, 2.75) is 19.9 Å². The number of nitrogens with one attached hydrogen (secondary N) is 2. The fourth-order valence-electron chi connectivity index (χ4n) is 2.19. The van der Waals surface area contributed by atoms with Gasteiger partial charge in [-0.05, 0) is 31.5 Å². The van der Waals surface area contributed by atoms with Crippen LogP contribution in [0.5, 0.6) is 5.75 Å². The minimum atomic E-state index is -0.551. The minimum Gasteiger partial charge on any atom is -0.498 e. The summed E-state index contributed by atoms with van der Waals surface area (Å²) >= 11 is 0. The summed E-state index contributed by atoms with van der Waals surface area (Å²) in [5.74, 6) is 0.704. The first-order valence-corrected chi connectivity index (χ1v) is 6.66. The van der Waals surface area contributed by atoms with Crippen molar-refractivity contribution in [1.29, 1.82) is 0 Å². The van der Waals surface area contributed by atoms with Crippen LogP contribution in [0.3, 0.4) is 0 Å². The first kappa shape index (κ1) is 14.9. The van der Waals surface area contributed by atoms with Crippen LogP contribution in [0.15, 0.2) is 35.6 Å². The van der Waals surface area contributed by atoms with Gasteiger partial charge in [-0.1, -0.05) is 12.1 Å². The van der Waals surface area contributed by atoms with Gasteiger partial charge in [-0.25, -0.2) is 4.79 Å². The third-order valence-corrected chi connectivity index (χ3v) is 3.22. The van der Waals surface area contributed by atoms with Crippen LogP contribution >= 0.6 is 0 Å². The molecule has 0 radical (unpaired) electrons. The Morgan fingerprint density at radius 1 is 1.19 bits per heavy atom. The molecule has 2 rings (SSSR count). The van der Waals surface area contributed by atoms with Gasteiger partial charge in [0.1, 0.15) is 17.6 Å². The fraction of sp³-hybridized carbons (Fsp3) is 0.333. The van der Waals surface area contributed by atoms with Crippen molar-refractivity contribution in [3.05, 3.63) is 41.2 Å². The van der Waals surface area contributed by atoms with Crippen LogP contribution in [0.2, 0.25) is 0 Å². The van der Waals surface area contributed by atoms with E-state index in [1.165, 1.54) is 7.11 Å². The number of benzene rings is 1. The summed E-state index contributed by atoms with van der Waals surface area (Å²) in [5, 5.41) is 4.95. The molecule has 112 valence electrons. The molecular formula is C15H18N2O4. The van der Waals surface area contributed by atoms with Crippen LogP contribution in [0.1, 0.15) is 25.5 Å². The molecule has 6 nitrogen and oxygen atoms in total. The third kappa shape index (κ3) is 3.16. The monoisotopic (exact) mass is 290 g/mol. The summed E-state index contributed by atoms with van der Waals surface area (Å²) in [5.41, 5.74) is 1.18. The molecule has 0 aromatic heterocycles. The SMILES string of the molecule is CCOc1ccc([C@@H]2NC(=O)NC(=O)C(C)=C2OC)cc1. The maximum Gasteiger partial charge on any atom is 0.322 e. The zero-order valence-corrected chi connectivity index (χ0v) is 12.2. The van der Waals surface area contributed by atoms with E-state index in [0.717, 1.165) is 11.3 Å². The Morgan fingerprint density at radius 2 is 1.86 bits per heavy atom. The van der Waals surface area contributed by atoms with Crippen molar-refractivity contribution in [2.75, 3.05) is 13.7 Å². The van der Waals surface area contributed by atoms with Crippen LogP contribution in [-0.4, -0.2) is 25.7 Å². The van der Waals surface area contributed by atoms with Crippen LogP contribution in [-0.2, 0) is 9.53 Å². The van der Waals surface area contributed by atoms with Crippen LogP contribution < -0.4 is 15.4 Å². The lowest BCUT2D eigenvalue weighted by Crippen LogP contribution is -2.38. The van der Waals surface area contributed by atoms with Crippen molar-refractivity contribution in [3.63, 3.8) is 0 Å². The number of carbonyl (C=O) groups is 2. The van der Waals surface area contributed by atoms with Gasteiger partial charge in [0.15, 0.2) is 0 Å². The topological polar surface area (TPSA) is 76.7 Å². The van der Waals surface area contributed by atoms with E-state index >= 15 is 0 Å². The second-order valence-electron chi connectivity index (χ2n) is 4.56. The molecule has 0 bridgehead atoms. The maximum absolute atomic E-state index is 11.8. The van der Waals surface area contributed by atoms with Crippen LogP contribution in [0.25, 0.3) is 0 Å². The molecule has 1 aliphatic heterocycles. The van der Waals surface area contributed by atoms with Gasteiger partial charge in [-0.2, -0.15) is 0 Å². The predicted molar refractivity (Wildman–Crippen MR) is 76.7 cm³/mol. The molecule has 6 heteroatoms. The van der Waals surface area contributed by atoms with Gasteiger partial charge in [0, 0.05) is 0 Å². The summed E-state index contributed by atoms with van der Waals surface area (Å²) in [6, 6.07) is 6.22. The van der Waals surface area contributed by atoms with Crippen LogP contribution in [0.4, 0.5) is 4.79 Å². The Balaban J connectivity index is 2.38. The smallest absolute Gasteiger partial charge is 0.322 e. The summed E-state index contributed by atoms with van der Waals surface area (Å²) in [7, 11) is 1.48. The fourth-order valence-corrected chi connectivity index (χ4v) is 2.19. The van der Waals surface area contributed by atoms with Crippen molar-refractivity contribution in [1.82, 2.24) is 10.6 Å². The van der Waals surface area contributed by atoms with E-state index in [1.807, 2.05) is 31.2 Å². The van der Waals surface area contributed by atoms with Crippen molar-refractivity contribution >= 4 is 11.9 Å². The average Bonchev–Trinajstić information content (AvgIpc) is 2.57. The highest BCUT2D eigenvalue weighted by Gasteiger charge is 2.29. The molecule has 1 aromatic carbocycles. The molecule has 0 fully saturated rings. The number of hydrogen-bond donors (Lipinski definition) is 2. The molecule has 1 heterocycles. The van der Waals surface area contributed by atoms with Gasteiger partial charge >= 0.3 is 6.03 Å². The second kappa shape index (κ2) is 6.30. The van der Waals surface area contributed by atoms with Crippen molar-refractivity contribution in [2.24, 2.45) is 0 Å². The summed E-state index contributed by atoms with van der Waals surface area (Å²) in [6.45, 7) is 4.11. The highest BCUT2D eigenvalue weighted by molar-refractivity contribution is 6.05. The molecule has 3 amide bonds. The third-order valence-electron chi connectivity index (χ3n) is 3.22. The largest absolute Gasteiger partial charge is 0.498 e. The van der Waals surface area contributed by atoms with E-state index in [1.54, 1.807) is 6.92 Å². The standard InChI is InChI=1S/C15H18N2O4/c1-4-21-11-7-5-10(6-8-11)12-13(20-3)9(2)14(18)17-15(19)16-12/h5-8,12H,4H2,1-3H3,(H2,16,17,18,19)/t12-/m0/s1. The van der Waals surface area contributed by atoms with E-state index in [9.17, 15) is 9.59 Å². The molecule has 2 N–H and O–H groups in total. The normalized spacial score (nSPS) is 18.7. The highest BCUT2D eigenvalue weighted by atomic mass is 16.5. The van der Waals surface area contributed by atoms with Gasteiger partial charge in [0.2, 0.25) is 0 Å². The van der Waals surface area contributed by atoms with E-state index in [2.05, 4.69) is 10.6 Å². The van der Waals surface area contributed by atoms with E-state index < -0.39 is 18.0 Å². The number of hydrogen-bond acceptors (Lipinski definition) is 4. The van der Waals surface area contributed by atoms with Gasteiger partial charge in [0.05, 0.1) is 19.3 Å². The van der Waals surface area contributed by atoms with E-state index in [-0.39, 0.29) is 0 Å². The molecule has 0 aliphatic carbocycles. The lowest BCUT2D eigenvalue weighted by Gasteiger charge is -2.20. The maximum atomic E-state index is 11.8. The Labute approximate surface area is 123 Å². The lowest BCUT2D eigenvalue weighted by atomic mass is 10.0. The summed E-state index contributed by atoms with van der Waals surface area (Å²) in [4.78, 5) is 23.5. The minimum absolute atomic E-state index is 0.370. The summed E-state index contributed by atoms with van der Waals surface area (Å²) in [6.07, 6.45) is 0. The second-order valence-corrected chi connectivity index (χ2v) is 4.56. The summed E-state index contributed by atoms with van der Waals surface area (Å²) < 4.78 is 10.7. The molecule has 0 unspecified atom stereocenters. The number of imide groups is 1. The van der Waals surface area contributed by atoms with Gasteiger partial charge in [-0.3, -0.25) is 10.1 Å². The van der Waals surface area contributed by atoms with E-state index in [0.29, 0.717) is 17.9 Å². The zero-order valence-electron chi connectivity index (χ0n) is 12.2. The number of rotatable bonds is 4. The van der Waals surface area contributed by atoms with Gasteiger partial charge in [0.25, 0.3) is 5.91 Å². The van der Waals surface area contributed by atoms with Crippen LogP contribution in [0, 0.1) is 0 Å². The molecular weight excluding hydrogens is 272 g/mol. The average molecular weight is 290 g/mol. The molecule has 1 atom stereocenters. The molecule has 21 heavy (non-hydrogen) atoms. The van der Waals surface area contributed by atoms with E-state index in [4.69, 9.17) is 9.47 Å². The Bertz CT molecular complexity index is 578. The van der Waals surface area contributed by atoms with Gasteiger partial charge < -0.3 is 14.8 Å². The number of ether oxygens (including phenoxy) is 2. The van der Waals surface area contributed by atoms with Crippen molar-refractivity contribution < 1.29 is 19.1 Å². The Morgan fingerprint density at radius 3 is 2.43 bits per heavy atom. The number of methoxy groups -OCH3 is 1. The van der Waals surface area contributed by atoms with Gasteiger partial charge in [-0.15, -0.1) is 0 Å². The number of carbonyl (C=O) groups excluding carboxylic acids is 2.